The third-order valence-electron chi connectivity index (χ3n) is 3.67. The normalized spacial score (nSPS) is 25.9. The summed E-state index contributed by atoms with van der Waals surface area (Å²) in [5, 5.41) is 13.3. The summed E-state index contributed by atoms with van der Waals surface area (Å²) in [4.78, 5) is 0. The van der Waals surface area contributed by atoms with Crippen LogP contribution in [-0.2, 0) is 0 Å². The van der Waals surface area contributed by atoms with E-state index in [1.165, 1.54) is 51.4 Å². The molecule has 0 amide bonds. The summed E-state index contributed by atoms with van der Waals surface area (Å²) in [6, 6.07) is 0.379. The highest BCUT2D eigenvalue weighted by Crippen LogP contribution is 2.18. The minimum Gasteiger partial charge on any atom is -0.392 e. The van der Waals surface area contributed by atoms with Gasteiger partial charge in [0.1, 0.15) is 0 Å². The lowest BCUT2D eigenvalue weighted by atomic mass is 9.92. The molecule has 2 atom stereocenters. The molecule has 0 aliphatic heterocycles. The zero-order chi connectivity index (χ0) is 11.6. The molecule has 0 radical (unpaired) electrons. The van der Waals surface area contributed by atoms with Crippen LogP contribution in [0.3, 0.4) is 0 Å². The molecule has 2 heteroatoms. The van der Waals surface area contributed by atoms with E-state index in [1.807, 2.05) is 0 Å². The highest BCUT2D eigenvalue weighted by atomic mass is 16.3. The maximum atomic E-state index is 9.78. The molecular formula is C14H29NO. The predicted octanol–water partition coefficient (Wildman–Crippen LogP) is 3.24. The van der Waals surface area contributed by atoms with Crippen LogP contribution >= 0.6 is 0 Å². The lowest BCUT2D eigenvalue weighted by molar-refractivity contribution is 0.0909. The van der Waals surface area contributed by atoms with Crippen molar-refractivity contribution < 1.29 is 5.11 Å². The minimum absolute atomic E-state index is 0.0890. The molecule has 1 aliphatic rings. The van der Waals surface area contributed by atoms with Crippen LogP contribution in [0.1, 0.15) is 71.1 Å². The van der Waals surface area contributed by atoms with Gasteiger partial charge < -0.3 is 10.4 Å². The predicted molar refractivity (Wildman–Crippen MR) is 69.6 cm³/mol. The Morgan fingerprint density at radius 1 is 1.00 bits per heavy atom. The van der Waals surface area contributed by atoms with E-state index in [4.69, 9.17) is 0 Å². The van der Waals surface area contributed by atoms with Gasteiger partial charge in [-0.15, -0.1) is 0 Å². The molecule has 0 aromatic carbocycles. The molecular weight excluding hydrogens is 198 g/mol. The van der Waals surface area contributed by atoms with Gasteiger partial charge in [-0.1, -0.05) is 51.9 Å². The maximum absolute atomic E-state index is 9.78. The summed E-state index contributed by atoms with van der Waals surface area (Å²) in [6.45, 7) is 3.35. The Kier molecular flexibility index (Phi) is 7.87. The summed E-state index contributed by atoms with van der Waals surface area (Å²) in [7, 11) is 0. The minimum atomic E-state index is -0.0890. The van der Waals surface area contributed by atoms with Crippen LogP contribution in [-0.4, -0.2) is 23.8 Å². The Labute approximate surface area is 101 Å². The van der Waals surface area contributed by atoms with Crippen molar-refractivity contribution in [2.45, 2.75) is 83.3 Å². The average Bonchev–Trinajstić information content (AvgIpc) is 2.30. The zero-order valence-electron chi connectivity index (χ0n) is 10.9. The summed E-state index contributed by atoms with van der Waals surface area (Å²) in [6.07, 6.45) is 12.6. The molecule has 1 rings (SSSR count). The van der Waals surface area contributed by atoms with Crippen LogP contribution < -0.4 is 5.32 Å². The first kappa shape index (κ1) is 14.0. The van der Waals surface area contributed by atoms with Crippen molar-refractivity contribution >= 4 is 0 Å². The van der Waals surface area contributed by atoms with E-state index in [-0.39, 0.29) is 6.10 Å². The van der Waals surface area contributed by atoms with E-state index in [1.54, 1.807) is 0 Å². The summed E-state index contributed by atoms with van der Waals surface area (Å²) >= 11 is 0. The molecule has 0 bridgehead atoms. The van der Waals surface area contributed by atoms with Crippen LogP contribution in [0.25, 0.3) is 0 Å². The van der Waals surface area contributed by atoms with Crippen molar-refractivity contribution in [2.75, 3.05) is 6.54 Å². The van der Waals surface area contributed by atoms with Crippen molar-refractivity contribution in [3.63, 3.8) is 0 Å². The third-order valence-corrected chi connectivity index (χ3v) is 3.67. The smallest absolute Gasteiger partial charge is 0.0693 e. The second-order valence-corrected chi connectivity index (χ2v) is 5.18. The molecule has 16 heavy (non-hydrogen) atoms. The van der Waals surface area contributed by atoms with Gasteiger partial charge in [-0.25, -0.2) is 0 Å². The molecule has 96 valence electrons. The molecule has 0 aromatic heterocycles. The van der Waals surface area contributed by atoms with E-state index < -0.39 is 0 Å². The molecule has 0 saturated heterocycles. The van der Waals surface area contributed by atoms with Crippen molar-refractivity contribution in [1.29, 1.82) is 0 Å². The van der Waals surface area contributed by atoms with Gasteiger partial charge in [0, 0.05) is 6.04 Å². The zero-order valence-corrected chi connectivity index (χ0v) is 10.9. The van der Waals surface area contributed by atoms with Gasteiger partial charge in [-0.3, -0.25) is 0 Å². The quantitative estimate of drug-likeness (QED) is 0.624. The van der Waals surface area contributed by atoms with Gasteiger partial charge in [0.05, 0.1) is 6.10 Å². The van der Waals surface area contributed by atoms with Crippen molar-refractivity contribution in [2.24, 2.45) is 0 Å². The number of hydrogen-bond acceptors (Lipinski definition) is 2. The van der Waals surface area contributed by atoms with E-state index in [2.05, 4.69) is 12.2 Å². The fourth-order valence-corrected chi connectivity index (χ4v) is 2.54. The second kappa shape index (κ2) is 9.00. The van der Waals surface area contributed by atoms with Gasteiger partial charge >= 0.3 is 0 Å². The topological polar surface area (TPSA) is 32.3 Å². The van der Waals surface area contributed by atoms with Crippen LogP contribution in [0.5, 0.6) is 0 Å². The average molecular weight is 227 g/mol. The summed E-state index contributed by atoms with van der Waals surface area (Å²) in [5.74, 6) is 0. The Morgan fingerprint density at radius 2 is 1.69 bits per heavy atom. The van der Waals surface area contributed by atoms with Crippen molar-refractivity contribution in [1.82, 2.24) is 5.32 Å². The Hall–Kier alpha value is -0.0800. The first-order valence-corrected chi connectivity index (χ1v) is 7.26. The molecule has 0 spiro atoms. The maximum Gasteiger partial charge on any atom is 0.0693 e. The van der Waals surface area contributed by atoms with Gasteiger partial charge in [0.25, 0.3) is 0 Å². The Bertz CT molecular complexity index is 161. The summed E-state index contributed by atoms with van der Waals surface area (Å²) < 4.78 is 0. The summed E-state index contributed by atoms with van der Waals surface area (Å²) in [5.41, 5.74) is 0. The molecule has 0 aromatic rings. The van der Waals surface area contributed by atoms with Crippen LogP contribution in [0.15, 0.2) is 0 Å². The van der Waals surface area contributed by atoms with Gasteiger partial charge in [-0.2, -0.15) is 0 Å². The lowest BCUT2D eigenvalue weighted by Crippen LogP contribution is -2.42. The lowest BCUT2D eigenvalue weighted by Gasteiger charge is -2.28. The molecule has 2 N–H and O–H groups in total. The largest absolute Gasteiger partial charge is 0.392 e. The van der Waals surface area contributed by atoms with Gasteiger partial charge in [0.2, 0.25) is 0 Å². The van der Waals surface area contributed by atoms with Gasteiger partial charge in [-0.05, 0) is 25.8 Å². The van der Waals surface area contributed by atoms with E-state index >= 15 is 0 Å². The Morgan fingerprint density at radius 3 is 2.44 bits per heavy atom. The molecule has 2 nitrogen and oxygen atoms in total. The number of nitrogens with one attached hydrogen (secondary N) is 1. The highest BCUT2D eigenvalue weighted by molar-refractivity contribution is 4.79. The molecule has 0 heterocycles. The number of aliphatic hydroxyl groups is 1. The van der Waals surface area contributed by atoms with Gasteiger partial charge in [0.15, 0.2) is 0 Å². The van der Waals surface area contributed by atoms with E-state index in [9.17, 15) is 5.11 Å². The molecule has 1 aliphatic carbocycles. The van der Waals surface area contributed by atoms with Crippen LogP contribution in [0.2, 0.25) is 0 Å². The monoisotopic (exact) mass is 227 g/mol. The number of unbranched alkanes of at least 4 members (excludes halogenated alkanes) is 5. The third kappa shape index (κ3) is 5.86. The second-order valence-electron chi connectivity index (χ2n) is 5.18. The van der Waals surface area contributed by atoms with Crippen LogP contribution in [0, 0.1) is 0 Å². The molecule has 2 unspecified atom stereocenters. The number of rotatable bonds is 8. The van der Waals surface area contributed by atoms with Crippen molar-refractivity contribution in [3.05, 3.63) is 0 Å². The molecule has 1 fully saturated rings. The van der Waals surface area contributed by atoms with Crippen molar-refractivity contribution in [3.8, 4) is 0 Å². The Balaban J connectivity index is 1.90. The standard InChI is InChI=1S/C14H29NO/c1-2-3-4-5-6-9-12-15-13-10-7-8-11-14(13)16/h13-16H,2-12H2,1H3. The number of hydrogen-bond donors (Lipinski definition) is 2. The fourth-order valence-electron chi connectivity index (χ4n) is 2.54. The fraction of sp³-hybridized carbons (Fsp3) is 1.00. The SMILES string of the molecule is CCCCCCCCNC1CCCCC1O. The first-order chi connectivity index (χ1) is 7.84. The number of aliphatic hydroxyl groups excluding tert-OH is 1. The molecule has 1 saturated carbocycles. The van der Waals surface area contributed by atoms with E-state index in [0.29, 0.717) is 6.04 Å². The highest BCUT2D eigenvalue weighted by Gasteiger charge is 2.21. The van der Waals surface area contributed by atoms with Crippen LogP contribution in [0.4, 0.5) is 0 Å². The van der Waals surface area contributed by atoms with E-state index in [0.717, 1.165) is 19.4 Å². The first-order valence-electron chi connectivity index (χ1n) is 7.26.